The summed E-state index contributed by atoms with van der Waals surface area (Å²) in [6, 6.07) is 7.61. The highest BCUT2D eigenvalue weighted by atomic mass is 16.1. The van der Waals surface area contributed by atoms with Crippen molar-refractivity contribution in [1.82, 2.24) is 5.32 Å². The minimum Gasteiger partial charge on any atom is -0.348 e. The molecule has 0 aliphatic heterocycles. The smallest absolute Gasteiger partial charge is 0.251 e. The molecule has 0 aromatic heterocycles. The summed E-state index contributed by atoms with van der Waals surface area (Å²) < 4.78 is 0. The summed E-state index contributed by atoms with van der Waals surface area (Å²) in [4.78, 5) is 11.9. The highest BCUT2D eigenvalue weighted by molar-refractivity contribution is 5.94. The highest BCUT2D eigenvalue weighted by Crippen LogP contribution is 2.23. The maximum atomic E-state index is 11.9. The lowest BCUT2D eigenvalue weighted by Gasteiger charge is -2.16. The number of carbonyl (C=O) groups excluding carboxylic acids is 1. The van der Waals surface area contributed by atoms with E-state index < -0.39 is 0 Å². The molecule has 1 aliphatic rings. The Labute approximate surface area is 121 Å². The van der Waals surface area contributed by atoms with Crippen molar-refractivity contribution in [2.24, 2.45) is 5.92 Å². The van der Waals surface area contributed by atoms with Gasteiger partial charge in [-0.25, -0.2) is 0 Å². The van der Waals surface area contributed by atoms with Crippen LogP contribution in [0.4, 0.5) is 0 Å². The van der Waals surface area contributed by atoms with E-state index >= 15 is 0 Å². The van der Waals surface area contributed by atoms with E-state index in [2.05, 4.69) is 17.1 Å². The first-order valence-electron chi connectivity index (χ1n) is 7.51. The molecule has 0 unspecified atom stereocenters. The van der Waals surface area contributed by atoms with Crippen molar-refractivity contribution in [3.8, 4) is 0 Å². The number of nitrogens with one attached hydrogen (secondary N) is 1. The van der Waals surface area contributed by atoms with Crippen LogP contribution in [0.1, 0.15) is 48.0 Å². The van der Waals surface area contributed by atoms with Crippen LogP contribution in [-0.4, -0.2) is 12.5 Å². The normalized spacial score (nSPS) is 15.2. The van der Waals surface area contributed by atoms with Gasteiger partial charge >= 0.3 is 0 Å². The van der Waals surface area contributed by atoms with Crippen LogP contribution in [0.15, 0.2) is 42.1 Å². The molecule has 2 rings (SSSR count). The van der Waals surface area contributed by atoms with Crippen molar-refractivity contribution in [2.75, 3.05) is 6.54 Å². The summed E-state index contributed by atoms with van der Waals surface area (Å²) in [7, 11) is 0. The average Bonchev–Trinajstić information content (AvgIpc) is 2.48. The number of carbonyl (C=O) groups is 1. The summed E-state index contributed by atoms with van der Waals surface area (Å²) in [5.41, 5.74) is 5.08. The lowest BCUT2D eigenvalue weighted by atomic mass is 9.89. The van der Waals surface area contributed by atoms with Crippen molar-refractivity contribution in [1.29, 1.82) is 0 Å². The Hall–Kier alpha value is -1.79. The second kappa shape index (κ2) is 7.72. The molecule has 2 heteroatoms. The number of hydrogen-bond acceptors (Lipinski definition) is 1. The number of rotatable bonds is 4. The van der Waals surface area contributed by atoms with E-state index in [0.717, 1.165) is 5.56 Å². The second-order valence-corrected chi connectivity index (χ2v) is 5.51. The van der Waals surface area contributed by atoms with Gasteiger partial charge in [0.25, 0.3) is 5.91 Å². The van der Waals surface area contributed by atoms with Crippen LogP contribution in [-0.2, 0) is 0 Å². The predicted octanol–water partition coefficient (Wildman–Crippen LogP) is 4.02. The molecule has 1 N–H and O–H groups in total. The van der Waals surface area contributed by atoms with Crippen LogP contribution in [0.3, 0.4) is 0 Å². The number of hydrogen-bond donors (Lipinski definition) is 1. The van der Waals surface area contributed by atoms with Gasteiger partial charge in [-0.05, 0) is 50.0 Å². The van der Waals surface area contributed by atoms with Crippen LogP contribution >= 0.6 is 0 Å². The monoisotopic (exact) mass is 269 g/mol. The van der Waals surface area contributed by atoms with Gasteiger partial charge in [0.1, 0.15) is 0 Å². The fraction of sp³-hybridized carbons (Fsp3) is 0.444. The summed E-state index contributed by atoms with van der Waals surface area (Å²) in [5.74, 6) is 0.661. The van der Waals surface area contributed by atoms with Crippen LogP contribution in [0, 0.1) is 12.8 Å². The van der Waals surface area contributed by atoms with E-state index in [-0.39, 0.29) is 5.91 Å². The van der Waals surface area contributed by atoms with Crippen molar-refractivity contribution in [3.63, 3.8) is 0 Å². The van der Waals surface area contributed by atoms with E-state index in [9.17, 15) is 4.79 Å². The first-order chi connectivity index (χ1) is 9.75. The third-order valence-corrected chi connectivity index (χ3v) is 3.78. The van der Waals surface area contributed by atoms with Crippen molar-refractivity contribution in [2.45, 2.75) is 39.0 Å². The van der Waals surface area contributed by atoms with Crippen LogP contribution in [0.5, 0.6) is 0 Å². The quantitative estimate of drug-likeness (QED) is 0.822. The molecule has 1 amide bonds. The Morgan fingerprint density at radius 1 is 1.25 bits per heavy atom. The van der Waals surface area contributed by atoms with Gasteiger partial charge in [0.15, 0.2) is 0 Å². The van der Waals surface area contributed by atoms with Gasteiger partial charge in [-0.2, -0.15) is 0 Å². The zero-order valence-corrected chi connectivity index (χ0v) is 12.2. The molecule has 0 heterocycles. The van der Waals surface area contributed by atoms with Gasteiger partial charge in [0.2, 0.25) is 0 Å². The molecule has 1 saturated carbocycles. The standard InChI is InChI=1S/C18H23NO/c1-15-10-12-17(13-11-15)18(20)19-14-6-5-9-16-7-3-2-4-8-16/h6,9-13,16H,2-4,7-8,14H2,1H3,(H,19,20). The zero-order valence-electron chi connectivity index (χ0n) is 12.2. The summed E-state index contributed by atoms with van der Waals surface area (Å²) in [5, 5.41) is 2.88. The summed E-state index contributed by atoms with van der Waals surface area (Å²) in [6.07, 6.45) is 10.7. The third-order valence-electron chi connectivity index (χ3n) is 3.78. The minimum atomic E-state index is -0.0271. The molecule has 0 radical (unpaired) electrons. The molecule has 0 spiro atoms. The Morgan fingerprint density at radius 2 is 1.95 bits per heavy atom. The van der Waals surface area contributed by atoms with Crippen LogP contribution in [0.25, 0.3) is 0 Å². The first-order valence-corrected chi connectivity index (χ1v) is 7.51. The maximum absolute atomic E-state index is 11.9. The number of aryl methyl sites for hydroxylation is 1. The summed E-state index contributed by atoms with van der Waals surface area (Å²) >= 11 is 0. The molecule has 1 aromatic rings. The van der Waals surface area contributed by atoms with E-state index in [1.54, 1.807) is 0 Å². The second-order valence-electron chi connectivity index (χ2n) is 5.51. The number of amides is 1. The zero-order chi connectivity index (χ0) is 14.2. The molecule has 0 saturated heterocycles. The van der Waals surface area contributed by atoms with E-state index in [4.69, 9.17) is 0 Å². The molecular formula is C18H23NO. The largest absolute Gasteiger partial charge is 0.348 e. The van der Waals surface area contributed by atoms with Gasteiger partial charge in [0.05, 0.1) is 0 Å². The fourth-order valence-corrected chi connectivity index (χ4v) is 2.51. The fourth-order valence-electron chi connectivity index (χ4n) is 2.51. The number of benzene rings is 1. The molecule has 1 aromatic carbocycles. The molecule has 0 atom stereocenters. The topological polar surface area (TPSA) is 29.1 Å². The first kappa shape index (κ1) is 14.6. The van der Waals surface area contributed by atoms with E-state index in [1.807, 2.05) is 37.3 Å². The molecule has 2 nitrogen and oxygen atoms in total. The van der Waals surface area contributed by atoms with Crippen molar-refractivity contribution in [3.05, 3.63) is 53.3 Å². The Kier molecular flexibility index (Phi) is 5.64. The van der Waals surface area contributed by atoms with Gasteiger partial charge in [0, 0.05) is 12.1 Å². The lowest BCUT2D eigenvalue weighted by molar-refractivity contribution is 0.0958. The maximum Gasteiger partial charge on any atom is 0.251 e. The lowest BCUT2D eigenvalue weighted by Crippen LogP contribution is -2.23. The third kappa shape index (κ3) is 4.71. The van der Waals surface area contributed by atoms with Gasteiger partial charge in [-0.15, -0.1) is 5.73 Å². The van der Waals surface area contributed by atoms with Crippen molar-refractivity contribution < 1.29 is 4.79 Å². The summed E-state index contributed by atoms with van der Waals surface area (Å²) in [6.45, 7) is 2.55. The highest BCUT2D eigenvalue weighted by Gasteiger charge is 2.09. The SMILES string of the molecule is Cc1ccc(C(=O)NCC=C=CC2CCCCC2)cc1. The van der Waals surface area contributed by atoms with Crippen molar-refractivity contribution >= 4 is 5.91 Å². The Balaban J connectivity index is 1.75. The average molecular weight is 269 g/mol. The minimum absolute atomic E-state index is 0.0271. The van der Waals surface area contributed by atoms with Gasteiger partial charge in [-0.3, -0.25) is 4.79 Å². The molecule has 106 valence electrons. The predicted molar refractivity (Wildman–Crippen MR) is 82.7 cm³/mol. The molecule has 0 bridgehead atoms. The Bertz CT molecular complexity index is 489. The van der Waals surface area contributed by atoms with Gasteiger partial charge < -0.3 is 5.32 Å². The molecule has 1 fully saturated rings. The Morgan fingerprint density at radius 3 is 2.65 bits per heavy atom. The van der Waals surface area contributed by atoms with Crippen LogP contribution < -0.4 is 5.32 Å². The molecular weight excluding hydrogens is 246 g/mol. The van der Waals surface area contributed by atoms with Gasteiger partial charge in [-0.1, -0.05) is 37.0 Å². The van der Waals surface area contributed by atoms with Crippen LogP contribution in [0.2, 0.25) is 0 Å². The molecule has 1 aliphatic carbocycles. The molecule has 20 heavy (non-hydrogen) atoms. The van der Waals surface area contributed by atoms with E-state index in [1.165, 1.54) is 32.1 Å². The van der Waals surface area contributed by atoms with E-state index in [0.29, 0.717) is 18.0 Å².